The molecule has 4 aliphatic rings. The van der Waals surface area contributed by atoms with Crippen molar-refractivity contribution in [2.75, 3.05) is 65.8 Å². The van der Waals surface area contributed by atoms with Gasteiger partial charge >= 0.3 is 12.1 Å². The minimum atomic E-state index is -1.12. The molecule has 4 fully saturated rings. The van der Waals surface area contributed by atoms with E-state index in [1.165, 1.54) is 11.0 Å². The van der Waals surface area contributed by atoms with Crippen molar-refractivity contribution in [2.45, 2.75) is 90.3 Å². The molecule has 3 saturated heterocycles. The van der Waals surface area contributed by atoms with Gasteiger partial charge in [0.05, 0.1) is 30.8 Å². The number of fused-ring (bicyclic) bond motifs is 1. The molecule has 56 heavy (non-hydrogen) atoms. The summed E-state index contributed by atoms with van der Waals surface area (Å²) >= 11 is 0. The number of benzene rings is 1. The summed E-state index contributed by atoms with van der Waals surface area (Å²) in [6, 6.07) is 5.40. The molecule has 2 atom stereocenters. The summed E-state index contributed by atoms with van der Waals surface area (Å²) in [5.41, 5.74) is 1.08. The Bertz CT molecular complexity index is 1780. The molecule has 3 aliphatic heterocycles. The van der Waals surface area contributed by atoms with Crippen LogP contribution in [0.3, 0.4) is 0 Å². The summed E-state index contributed by atoms with van der Waals surface area (Å²) in [5, 5.41) is 6.44. The monoisotopic (exact) mass is 778 g/mol. The van der Waals surface area contributed by atoms with Crippen molar-refractivity contribution in [2.24, 2.45) is 5.41 Å². The van der Waals surface area contributed by atoms with Crippen molar-refractivity contribution in [3.63, 3.8) is 0 Å². The molecule has 0 radical (unpaired) electrons. The van der Waals surface area contributed by atoms with Crippen molar-refractivity contribution in [1.29, 1.82) is 0 Å². The summed E-state index contributed by atoms with van der Waals surface area (Å²) in [4.78, 5) is 88.8. The molecule has 16 nitrogen and oxygen atoms in total. The van der Waals surface area contributed by atoms with Crippen molar-refractivity contribution in [3.8, 4) is 5.75 Å². The number of rotatable bonds is 15. The molecule has 0 bridgehead atoms. The molecule has 0 spiro atoms. The zero-order chi connectivity index (χ0) is 39.8. The Labute approximate surface area is 326 Å². The van der Waals surface area contributed by atoms with Gasteiger partial charge in [-0.3, -0.25) is 24.0 Å². The number of carbonyl (C=O) groups excluding carboxylic acids is 6. The van der Waals surface area contributed by atoms with Crippen LogP contribution in [0.1, 0.15) is 81.3 Å². The van der Waals surface area contributed by atoms with Crippen LogP contribution >= 0.6 is 0 Å². The lowest BCUT2D eigenvalue weighted by Gasteiger charge is -2.40. The maximum absolute atomic E-state index is 14.0. The Morgan fingerprint density at radius 3 is 2.36 bits per heavy atom. The molecular weight excluding hydrogens is 724 g/mol. The van der Waals surface area contributed by atoms with E-state index in [0.29, 0.717) is 43.5 Å². The first kappa shape index (κ1) is 40.7. The Balaban J connectivity index is 1.16. The van der Waals surface area contributed by atoms with Crippen LogP contribution in [0.5, 0.6) is 5.75 Å². The van der Waals surface area contributed by atoms with Crippen molar-refractivity contribution >= 4 is 46.6 Å². The predicted molar refractivity (Wildman–Crippen MR) is 203 cm³/mol. The highest BCUT2D eigenvalue weighted by Crippen LogP contribution is 2.32. The third-order valence-corrected chi connectivity index (χ3v) is 11.3. The average Bonchev–Trinajstić information content (AvgIpc) is 3.66. The summed E-state index contributed by atoms with van der Waals surface area (Å²) in [6.07, 6.45) is 4.46. The average molecular weight is 779 g/mol. The first-order valence-corrected chi connectivity index (χ1v) is 19.9. The van der Waals surface area contributed by atoms with Gasteiger partial charge in [0.1, 0.15) is 30.1 Å². The number of hydrogen-bond donors (Lipinski definition) is 2. The second-order valence-electron chi connectivity index (χ2n) is 15.3. The lowest BCUT2D eigenvalue weighted by molar-refractivity contribution is -0.170. The number of nitrogens with one attached hydrogen (secondary N) is 2. The second-order valence-corrected chi connectivity index (χ2v) is 15.3. The van der Waals surface area contributed by atoms with E-state index in [0.717, 1.165) is 31.2 Å². The van der Waals surface area contributed by atoms with E-state index in [1.54, 1.807) is 28.9 Å². The summed E-state index contributed by atoms with van der Waals surface area (Å²) < 4.78 is 22.1. The zero-order valence-corrected chi connectivity index (χ0v) is 32.6. The van der Waals surface area contributed by atoms with Gasteiger partial charge in [0, 0.05) is 56.6 Å². The van der Waals surface area contributed by atoms with Crippen LogP contribution in [0.2, 0.25) is 0 Å². The summed E-state index contributed by atoms with van der Waals surface area (Å²) in [6.45, 7) is 8.12. The highest BCUT2D eigenvalue weighted by Gasteiger charge is 2.39. The van der Waals surface area contributed by atoms with E-state index in [2.05, 4.69) is 15.6 Å². The van der Waals surface area contributed by atoms with Crippen LogP contribution in [-0.2, 0) is 33.4 Å². The minimum absolute atomic E-state index is 0.0347. The van der Waals surface area contributed by atoms with Gasteiger partial charge in [0.2, 0.25) is 11.8 Å². The number of pyridine rings is 1. The Kier molecular flexibility index (Phi) is 13.3. The fourth-order valence-electron chi connectivity index (χ4n) is 7.33. The zero-order valence-electron chi connectivity index (χ0n) is 32.6. The quantitative estimate of drug-likeness (QED) is 0.254. The molecule has 4 heterocycles. The summed E-state index contributed by atoms with van der Waals surface area (Å²) in [5.74, 6) is -1.81. The molecule has 1 aromatic carbocycles. The van der Waals surface area contributed by atoms with Gasteiger partial charge in [-0.15, -0.1) is 0 Å². The van der Waals surface area contributed by atoms with Gasteiger partial charge in [-0.05, 0) is 76.5 Å². The molecule has 2 N–H and O–H groups in total. The van der Waals surface area contributed by atoms with E-state index in [1.807, 2.05) is 19.9 Å². The van der Waals surface area contributed by atoms with E-state index < -0.39 is 36.0 Å². The third-order valence-electron chi connectivity index (χ3n) is 11.3. The Morgan fingerprint density at radius 2 is 1.70 bits per heavy atom. The molecule has 2 aromatic rings. The Hall–Kier alpha value is -4.99. The highest BCUT2D eigenvalue weighted by molar-refractivity contribution is 5.99. The van der Waals surface area contributed by atoms with E-state index >= 15 is 0 Å². The maximum Gasteiger partial charge on any atom is 0.409 e. The number of ether oxygens (including phenoxy) is 4. The van der Waals surface area contributed by atoms with Crippen molar-refractivity contribution in [3.05, 3.63) is 35.5 Å². The van der Waals surface area contributed by atoms with Gasteiger partial charge in [-0.25, -0.2) is 9.78 Å². The second kappa shape index (κ2) is 18.3. The molecule has 2 unspecified atom stereocenters. The maximum atomic E-state index is 14.0. The number of nitrogens with zero attached hydrogens (tertiary/aromatic N) is 4. The van der Waals surface area contributed by atoms with Crippen LogP contribution in [0.15, 0.2) is 24.3 Å². The van der Waals surface area contributed by atoms with Gasteiger partial charge in [0.25, 0.3) is 11.8 Å². The van der Waals surface area contributed by atoms with E-state index in [4.69, 9.17) is 18.9 Å². The molecular formula is C40H54N6O10. The number of carbonyl (C=O) groups is 6. The van der Waals surface area contributed by atoms with Gasteiger partial charge < -0.3 is 44.3 Å². The van der Waals surface area contributed by atoms with Crippen molar-refractivity contribution < 1.29 is 47.7 Å². The fraction of sp³-hybridized carbons (Fsp3) is 0.625. The number of aryl methyl sites for hydroxylation is 1. The fourth-order valence-corrected chi connectivity index (χ4v) is 7.33. The van der Waals surface area contributed by atoms with Gasteiger partial charge in [-0.2, -0.15) is 0 Å². The molecule has 5 amide bonds. The molecule has 1 saturated carbocycles. The van der Waals surface area contributed by atoms with Crippen LogP contribution in [0, 0.1) is 12.3 Å². The smallest absolute Gasteiger partial charge is 0.409 e. The number of esters is 1. The number of likely N-dealkylation sites (tertiary alicyclic amines) is 1. The molecule has 304 valence electrons. The number of hydrogen-bond acceptors (Lipinski definition) is 11. The van der Waals surface area contributed by atoms with E-state index in [-0.39, 0.29) is 93.6 Å². The standard InChI is InChI=1S/C40H54N6O10/c1-4-40(23-53-24-40)25-56-35(48)14-13-29(38(51)44-16-18-45(19-17-44)39(52)54-5-2)43-36(49)31-21-33(28-12-11-26(3)20-30(28)42-31)55-22-34(47)46-15-7-10-32(46)37(50)41-27-8-6-9-27/h11-12,20-21,27,29,32H,4-10,13-19,22-25H2,1-3H3,(H,41,50)(H,43,49). The molecule has 1 aliphatic carbocycles. The van der Waals surface area contributed by atoms with Gasteiger partial charge in [0.15, 0.2) is 6.61 Å². The molecule has 6 rings (SSSR count). The van der Waals surface area contributed by atoms with E-state index in [9.17, 15) is 28.8 Å². The van der Waals surface area contributed by atoms with Gasteiger partial charge in [-0.1, -0.05) is 13.0 Å². The SMILES string of the molecule is CCOC(=O)N1CCN(C(=O)C(CCC(=O)OCC2(CC)COC2)NC(=O)c2cc(OCC(=O)N3CCCC3C(=O)NC3CCC3)c3ccc(C)cc3n2)CC1. The lowest BCUT2D eigenvalue weighted by Crippen LogP contribution is -2.56. The largest absolute Gasteiger partial charge is 0.483 e. The number of amides is 5. The first-order chi connectivity index (χ1) is 27.0. The normalized spacial score (nSPS) is 19.7. The van der Waals surface area contributed by atoms with Crippen molar-refractivity contribution in [1.82, 2.24) is 30.3 Å². The topological polar surface area (TPSA) is 186 Å². The Morgan fingerprint density at radius 1 is 0.946 bits per heavy atom. The predicted octanol–water partition coefficient (Wildman–Crippen LogP) is 2.73. The molecule has 16 heteroatoms. The minimum Gasteiger partial charge on any atom is -0.483 e. The highest BCUT2D eigenvalue weighted by atomic mass is 16.6. The van der Waals surface area contributed by atoms with Crippen LogP contribution in [0.4, 0.5) is 4.79 Å². The summed E-state index contributed by atoms with van der Waals surface area (Å²) in [7, 11) is 0. The first-order valence-electron chi connectivity index (χ1n) is 19.9. The van der Waals surface area contributed by atoms with Crippen LogP contribution in [0.25, 0.3) is 10.9 Å². The number of piperazine rings is 1. The lowest BCUT2D eigenvalue weighted by atomic mass is 9.84. The third kappa shape index (κ3) is 9.68. The van der Waals surface area contributed by atoms with Crippen LogP contribution in [-0.4, -0.2) is 139 Å². The number of aromatic nitrogens is 1. The van der Waals surface area contributed by atoms with Crippen LogP contribution < -0.4 is 15.4 Å². The molecule has 1 aromatic heterocycles.